The van der Waals surface area contributed by atoms with Crippen LogP contribution in [-0.2, 0) is 19.0 Å². The third-order valence-electron chi connectivity index (χ3n) is 3.65. The monoisotopic (exact) mass is 331 g/mol. The number of amides is 1. The van der Waals surface area contributed by atoms with Gasteiger partial charge in [0.1, 0.15) is 5.60 Å². The molecular weight excluding hydrogens is 294 g/mol. The fourth-order valence-electron chi connectivity index (χ4n) is 2.19. The van der Waals surface area contributed by atoms with Crippen LogP contribution in [0.1, 0.15) is 68.2 Å². The summed E-state index contributed by atoms with van der Waals surface area (Å²) in [5.41, 5.74) is -1.47. The molecule has 0 saturated heterocycles. The van der Waals surface area contributed by atoms with E-state index in [4.69, 9.17) is 14.2 Å². The van der Waals surface area contributed by atoms with E-state index in [0.717, 1.165) is 12.8 Å². The summed E-state index contributed by atoms with van der Waals surface area (Å²) in [4.78, 5) is 12.5. The van der Waals surface area contributed by atoms with Crippen LogP contribution >= 0.6 is 0 Å². The van der Waals surface area contributed by atoms with Crippen molar-refractivity contribution in [3.63, 3.8) is 0 Å². The molecule has 0 bridgehead atoms. The summed E-state index contributed by atoms with van der Waals surface area (Å²) in [6, 6.07) is 0. The maximum Gasteiger partial charge on any atom is 0.252 e. The Bertz CT molecular complexity index is 362. The lowest BCUT2D eigenvalue weighted by Crippen LogP contribution is -2.53. The molecule has 0 saturated carbocycles. The second-order valence-corrected chi connectivity index (χ2v) is 8.12. The van der Waals surface area contributed by atoms with Crippen LogP contribution in [0.5, 0.6) is 0 Å². The van der Waals surface area contributed by atoms with Crippen LogP contribution < -0.4 is 5.32 Å². The molecule has 0 heterocycles. The molecule has 0 radical (unpaired) electrons. The molecule has 0 rings (SSSR count). The van der Waals surface area contributed by atoms with Crippen molar-refractivity contribution in [3.05, 3.63) is 0 Å². The Morgan fingerprint density at radius 1 is 1.00 bits per heavy atom. The first-order chi connectivity index (χ1) is 10.3. The molecule has 0 aromatic carbocycles. The van der Waals surface area contributed by atoms with Gasteiger partial charge in [-0.3, -0.25) is 4.79 Å². The van der Waals surface area contributed by atoms with E-state index in [9.17, 15) is 4.79 Å². The average Bonchev–Trinajstić information content (AvgIpc) is 2.33. The molecular formula is C18H37NO4. The Morgan fingerprint density at radius 2 is 1.57 bits per heavy atom. The maximum atomic E-state index is 12.5. The van der Waals surface area contributed by atoms with Crippen molar-refractivity contribution < 1.29 is 19.0 Å². The molecule has 0 aliphatic rings. The third kappa shape index (κ3) is 9.95. The quantitative estimate of drug-likeness (QED) is 0.631. The molecule has 138 valence electrons. The van der Waals surface area contributed by atoms with Crippen LogP contribution in [0.25, 0.3) is 0 Å². The molecule has 5 nitrogen and oxygen atoms in total. The lowest BCUT2D eigenvalue weighted by Gasteiger charge is -2.33. The minimum absolute atomic E-state index is 0.110. The summed E-state index contributed by atoms with van der Waals surface area (Å²) in [7, 11) is 1.66. The summed E-state index contributed by atoms with van der Waals surface area (Å²) in [5.74, 6) is -0.110. The van der Waals surface area contributed by atoms with Gasteiger partial charge in [0.05, 0.1) is 18.3 Å². The molecule has 0 aromatic rings. The van der Waals surface area contributed by atoms with E-state index < -0.39 is 5.60 Å². The van der Waals surface area contributed by atoms with Gasteiger partial charge in [-0.15, -0.1) is 0 Å². The molecule has 0 fully saturated rings. The van der Waals surface area contributed by atoms with Gasteiger partial charge < -0.3 is 19.5 Å². The summed E-state index contributed by atoms with van der Waals surface area (Å²) in [6.45, 7) is 16.8. The molecule has 0 aromatic heterocycles. The van der Waals surface area contributed by atoms with Crippen molar-refractivity contribution in [3.8, 4) is 0 Å². The molecule has 0 atom stereocenters. The van der Waals surface area contributed by atoms with Gasteiger partial charge in [-0.2, -0.15) is 0 Å². The van der Waals surface area contributed by atoms with Crippen molar-refractivity contribution in [2.24, 2.45) is 0 Å². The summed E-state index contributed by atoms with van der Waals surface area (Å²) < 4.78 is 16.8. The normalized spacial score (nSPS) is 13.5. The number of nitrogens with one attached hydrogen (secondary N) is 1. The lowest BCUT2D eigenvalue weighted by molar-refractivity contribution is -0.148. The summed E-state index contributed by atoms with van der Waals surface area (Å²) in [6.07, 6.45) is 1.65. The standard InChI is InChI=1S/C18H37NO4/c1-14(2)23-17(5,6)11-13-22-18(7,8)15(20)19-16(3,4)10-12-21-9/h14H,10-13H2,1-9H3,(H,19,20). The first-order valence-corrected chi connectivity index (χ1v) is 8.45. The molecule has 0 aliphatic carbocycles. The van der Waals surface area contributed by atoms with E-state index >= 15 is 0 Å². The average molecular weight is 331 g/mol. The number of rotatable bonds is 11. The summed E-state index contributed by atoms with van der Waals surface area (Å²) >= 11 is 0. The van der Waals surface area contributed by atoms with Crippen LogP contribution in [-0.4, -0.2) is 49.1 Å². The molecule has 1 N–H and O–H groups in total. The van der Waals surface area contributed by atoms with Gasteiger partial charge in [0.15, 0.2) is 0 Å². The molecule has 0 aliphatic heterocycles. The molecule has 1 amide bonds. The van der Waals surface area contributed by atoms with Gasteiger partial charge in [0.25, 0.3) is 5.91 Å². The van der Waals surface area contributed by atoms with Crippen LogP contribution in [0.4, 0.5) is 0 Å². The minimum Gasteiger partial charge on any atom is -0.385 e. The SMILES string of the molecule is COCCC(C)(C)NC(=O)C(C)(C)OCCC(C)(C)OC(C)C. The van der Waals surface area contributed by atoms with Gasteiger partial charge in [0.2, 0.25) is 0 Å². The Hall–Kier alpha value is -0.650. The van der Waals surface area contributed by atoms with Crippen LogP contribution in [0.2, 0.25) is 0 Å². The first-order valence-electron chi connectivity index (χ1n) is 8.45. The number of ether oxygens (including phenoxy) is 3. The fourth-order valence-corrected chi connectivity index (χ4v) is 2.19. The van der Waals surface area contributed by atoms with Gasteiger partial charge in [-0.1, -0.05) is 0 Å². The number of methoxy groups -OCH3 is 1. The highest BCUT2D eigenvalue weighted by Gasteiger charge is 2.33. The molecule has 0 spiro atoms. The third-order valence-corrected chi connectivity index (χ3v) is 3.65. The number of hydrogen-bond acceptors (Lipinski definition) is 4. The van der Waals surface area contributed by atoms with Crippen LogP contribution in [0.3, 0.4) is 0 Å². The van der Waals surface area contributed by atoms with Crippen molar-refractivity contribution in [1.29, 1.82) is 0 Å². The lowest BCUT2D eigenvalue weighted by atomic mass is 9.98. The van der Waals surface area contributed by atoms with E-state index in [-0.39, 0.29) is 23.2 Å². The van der Waals surface area contributed by atoms with E-state index in [2.05, 4.69) is 5.32 Å². The zero-order chi connectivity index (χ0) is 18.3. The highest BCUT2D eigenvalue weighted by atomic mass is 16.5. The zero-order valence-corrected chi connectivity index (χ0v) is 16.5. The Balaban J connectivity index is 4.43. The van der Waals surface area contributed by atoms with E-state index in [1.54, 1.807) is 21.0 Å². The van der Waals surface area contributed by atoms with Crippen molar-refractivity contribution >= 4 is 5.91 Å². The fraction of sp³-hybridized carbons (Fsp3) is 0.944. The molecule has 0 unspecified atom stereocenters. The van der Waals surface area contributed by atoms with Gasteiger partial charge in [-0.25, -0.2) is 0 Å². The Morgan fingerprint density at radius 3 is 2.04 bits per heavy atom. The highest BCUT2D eigenvalue weighted by molar-refractivity contribution is 5.84. The van der Waals surface area contributed by atoms with Crippen molar-refractivity contribution in [2.75, 3.05) is 20.3 Å². The molecule has 23 heavy (non-hydrogen) atoms. The van der Waals surface area contributed by atoms with E-state index in [1.807, 2.05) is 41.5 Å². The van der Waals surface area contributed by atoms with Gasteiger partial charge in [-0.05, 0) is 68.2 Å². The molecule has 5 heteroatoms. The number of carbonyl (C=O) groups excluding carboxylic acids is 1. The van der Waals surface area contributed by atoms with E-state index in [0.29, 0.717) is 13.2 Å². The van der Waals surface area contributed by atoms with Crippen LogP contribution in [0.15, 0.2) is 0 Å². The predicted octanol–water partition coefficient (Wildman–Crippen LogP) is 3.31. The van der Waals surface area contributed by atoms with Crippen LogP contribution in [0, 0.1) is 0 Å². The first kappa shape index (κ1) is 22.4. The van der Waals surface area contributed by atoms with Crippen molar-refractivity contribution in [2.45, 2.75) is 91.1 Å². The number of hydrogen-bond donors (Lipinski definition) is 1. The number of carbonyl (C=O) groups is 1. The second kappa shape index (κ2) is 9.00. The second-order valence-electron chi connectivity index (χ2n) is 8.12. The predicted molar refractivity (Wildman–Crippen MR) is 93.7 cm³/mol. The Labute approximate surface area is 142 Å². The largest absolute Gasteiger partial charge is 0.385 e. The highest BCUT2D eigenvalue weighted by Crippen LogP contribution is 2.20. The maximum absolute atomic E-state index is 12.5. The summed E-state index contributed by atoms with van der Waals surface area (Å²) in [5, 5.41) is 3.04. The van der Waals surface area contributed by atoms with Gasteiger partial charge >= 0.3 is 0 Å². The van der Waals surface area contributed by atoms with Gasteiger partial charge in [0, 0.05) is 19.3 Å². The van der Waals surface area contributed by atoms with E-state index in [1.165, 1.54) is 0 Å². The minimum atomic E-state index is -0.877. The van der Waals surface area contributed by atoms with Crippen molar-refractivity contribution in [1.82, 2.24) is 5.32 Å². The Kier molecular flexibility index (Phi) is 8.74. The topological polar surface area (TPSA) is 56.8 Å². The smallest absolute Gasteiger partial charge is 0.252 e. The zero-order valence-electron chi connectivity index (χ0n) is 16.5.